The molecule has 1 atom stereocenters. The van der Waals surface area contributed by atoms with Crippen LogP contribution in [0.15, 0.2) is 0 Å². The highest BCUT2D eigenvalue weighted by molar-refractivity contribution is 5.84. The molecule has 1 saturated carbocycles. The van der Waals surface area contributed by atoms with Crippen LogP contribution in [0.1, 0.15) is 51.4 Å². The second-order valence-electron chi connectivity index (χ2n) is 5.68. The number of carboxylic acid groups (broad SMARTS) is 1. The van der Waals surface area contributed by atoms with E-state index in [0.717, 1.165) is 38.5 Å². The Morgan fingerprint density at radius 2 is 1.94 bits per heavy atom. The van der Waals surface area contributed by atoms with E-state index in [9.17, 15) is 14.7 Å². The number of carbonyl (C=O) groups excluding carboxylic acids is 1. The molecular weight excluding hydrogens is 232 g/mol. The molecule has 0 bridgehead atoms. The van der Waals surface area contributed by atoms with Crippen LogP contribution in [0.4, 0.5) is 0 Å². The van der Waals surface area contributed by atoms with Crippen LogP contribution in [0.2, 0.25) is 0 Å². The largest absolute Gasteiger partial charge is 0.480 e. The standard InChI is InChI=1S/C13H22N2O3/c14-13(6-4-7-13)9-11(16)15-8-3-1-2-5-10(15)12(17)18/h10H,1-9,14H2,(H,17,18). The molecule has 102 valence electrons. The van der Waals surface area contributed by atoms with Gasteiger partial charge in [0.15, 0.2) is 0 Å². The van der Waals surface area contributed by atoms with Gasteiger partial charge in [0.1, 0.15) is 6.04 Å². The molecule has 0 aromatic heterocycles. The van der Waals surface area contributed by atoms with E-state index in [1.165, 1.54) is 0 Å². The molecule has 0 aromatic carbocycles. The zero-order valence-corrected chi connectivity index (χ0v) is 10.7. The van der Waals surface area contributed by atoms with E-state index in [0.29, 0.717) is 19.4 Å². The normalized spacial score (nSPS) is 27.2. The molecule has 0 aromatic rings. The molecule has 2 rings (SSSR count). The van der Waals surface area contributed by atoms with E-state index in [2.05, 4.69) is 0 Å². The number of likely N-dealkylation sites (tertiary alicyclic amines) is 1. The monoisotopic (exact) mass is 254 g/mol. The van der Waals surface area contributed by atoms with Gasteiger partial charge in [-0.05, 0) is 32.1 Å². The summed E-state index contributed by atoms with van der Waals surface area (Å²) < 4.78 is 0. The lowest BCUT2D eigenvalue weighted by Gasteiger charge is -2.39. The number of nitrogens with two attached hydrogens (primary N) is 1. The Morgan fingerprint density at radius 3 is 2.50 bits per heavy atom. The Kier molecular flexibility index (Phi) is 3.90. The van der Waals surface area contributed by atoms with Crippen LogP contribution in [-0.2, 0) is 9.59 Å². The minimum atomic E-state index is -0.884. The zero-order chi connectivity index (χ0) is 13.2. The van der Waals surface area contributed by atoms with Crippen molar-refractivity contribution in [2.24, 2.45) is 5.73 Å². The molecule has 1 aliphatic heterocycles. The van der Waals surface area contributed by atoms with Crippen molar-refractivity contribution in [3.63, 3.8) is 0 Å². The van der Waals surface area contributed by atoms with Gasteiger partial charge in [0.25, 0.3) is 0 Å². The summed E-state index contributed by atoms with van der Waals surface area (Å²) in [4.78, 5) is 25.0. The quantitative estimate of drug-likeness (QED) is 0.790. The first-order valence-corrected chi connectivity index (χ1v) is 6.83. The average Bonchev–Trinajstić information content (AvgIpc) is 2.51. The van der Waals surface area contributed by atoms with Crippen molar-refractivity contribution >= 4 is 11.9 Å². The summed E-state index contributed by atoms with van der Waals surface area (Å²) in [5.74, 6) is -0.962. The molecule has 1 heterocycles. The van der Waals surface area contributed by atoms with Crippen molar-refractivity contribution in [1.82, 2.24) is 4.90 Å². The maximum absolute atomic E-state index is 12.3. The van der Waals surface area contributed by atoms with Gasteiger partial charge < -0.3 is 15.7 Å². The highest BCUT2D eigenvalue weighted by Gasteiger charge is 2.38. The zero-order valence-electron chi connectivity index (χ0n) is 10.7. The highest BCUT2D eigenvalue weighted by Crippen LogP contribution is 2.33. The first-order chi connectivity index (χ1) is 8.52. The van der Waals surface area contributed by atoms with Gasteiger partial charge in [0.05, 0.1) is 0 Å². The van der Waals surface area contributed by atoms with Crippen LogP contribution in [0.5, 0.6) is 0 Å². The van der Waals surface area contributed by atoms with Gasteiger partial charge >= 0.3 is 5.97 Å². The van der Waals surface area contributed by atoms with Gasteiger partial charge in [-0.15, -0.1) is 0 Å². The Morgan fingerprint density at radius 1 is 1.22 bits per heavy atom. The Bertz CT molecular complexity index is 339. The van der Waals surface area contributed by atoms with Crippen LogP contribution in [0.3, 0.4) is 0 Å². The van der Waals surface area contributed by atoms with E-state index >= 15 is 0 Å². The fourth-order valence-corrected chi connectivity index (χ4v) is 2.87. The van der Waals surface area contributed by atoms with Crippen molar-refractivity contribution in [3.8, 4) is 0 Å². The van der Waals surface area contributed by atoms with Gasteiger partial charge in [-0.2, -0.15) is 0 Å². The maximum Gasteiger partial charge on any atom is 0.326 e. The van der Waals surface area contributed by atoms with E-state index in [1.54, 1.807) is 4.90 Å². The molecule has 18 heavy (non-hydrogen) atoms. The molecular formula is C13H22N2O3. The van der Waals surface area contributed by atoms with Crippen molar-refractivity contribution in [2.45, 2.75) is 62.9 Å². The minimum absolute atomic E-state index is 0.0773. The van der Waals surface area contributed by atoms with Crippen LogP contribution in [-0.4, -0.2) is 40.0 Å². The molecule has 2 aliphatic rings. The van der Waals surface area contributed by atoms with Gasteiger partial charge in [-0.25, -0.2) is 4.79 Å². The average molecular weight is 254 g/mol. The predicted molar refractivity (Wildman–Crippen MR) is 67.0 cm³/mol. The first-order valence-electron chi connectivity index (χ1n) is 6.83. The maximum atomic E-state index is 12.3. The first kappa shape index (κ1) is 13.3. The van der Waals surface area contributed by atoms with Crippen molar-refractivity contribution in [1.29, 1.82) is 0 Å². The van der Waals surface area contributed by atoms with Gasteiger partial charge in [0, 0.05) is 18.5 Å². The lowest BCUT2D eigenvalue weighted by molar-refractivity contribution is -0.151. The third kappa shape index (κ3) is 2.83. The second kappa shape index (κ2) is 5.26. The Labute approximate surface area is 107 Å². The van der Waals surface area contributed by atoms with E-state index in [4.69, 9.17) is 5.73 Å². The molecule has 1 aliphatic carbocycles. The summed E-state index contributed by atoms with van der Waals surface area (Å²) in [6, 6.07) is -0.649. The minimum Gasteiger partial charge on any atom is -0.480 e. The number of amides is 1. The van der Waals surface area contributed by atoms with Crippen LogP contribution >= 0.6 is 0 Å². The number of rotatable bonds is 3. The Hall–Kier alpha value is -1.10. The van der Waals surface area contributed by atoms with Gasteiger partial charge in [-0.1, -0.05) is 12.8 Å². The molecule has 3 N–H and O–H groups in total. The number of nitrogens with zero attached hydrogens (tertiary/aromatic N) is 1. The van der Waals surface area contributed by atoms with Crippen LogP contribution < -0.4 is 5.73 Å². The molecule has 5 nitrogen and oxygen atoms in total. The SMILES string of the molecule is NC1(CC(=O)N2CCCCCC2C(=O)O)CCC1. The summed E-state index contributed by atoms with van der Waals surface area (Å²) in [7, 11) is 0. The smallest absolute Gasteiger partial charge is 0.326 e. The summed E-state index contributed by atoms with van der Waals surface area (Å²) in [6.07, 6.45) is 6.49. The Balaban J connectivity index is 2.02. The van der Waals surface area contributed by atoms with Gasteiger partial charge in [-0.3, -0.25) is 4.79 Å². The van der Waals surface area contributed by atoms with Crippen LogP contribution in [0.25, 0.3) is 0 Å². The molecule has 2 fully saturated rings. The number of hydrogen-bond donors (Lipinski definition) is 2. The second-order valence-corrected chi connectivity index (χ2v) is 5.68. The fraction of sp³-hybridized carbons (Fsp3) is 0.846. The molecule has 0 spiro atoms. The predicted octanol–water partition coefficient (Wildman–Crippen LogP) is 1.11. The molecule has 1 amide bonds. The molecule has 0 radical (unpaired) electrons. The lowest BCUT2D eigenvalue weighted by atomic mass is 9.75. The van der Waals surface area contributed by atoms with Crippen molar-refractivity contribution < 1.29 is 14.7 Å². The molecule has 1 unspecified atom stereocenters. The van der Waals surface area contributed by atoms with E-state index < -0.39 is 12.0 Å². The summed E-state index contributed by atoms with van der Waals surface area (Å²) in [5.41, 5.74) is 5.71. The summed E-state index contributed by atoms with van der Waals surface area (Å²) >= 11 is 0. The number of carbonyl (C=O) groups is 2. The lowest BCUT2D eigenvalue weighted by Crippen LogP contribution is -2.53. The molecule has 5 heteroatoms. The van der Waals surface area contributed by atoms with Gasteiger partial charge in [0.2, 0.25) is 5.91 Å². The number of hydrogen-bond acceptors (Lipinski definition) is 3. The number of carboxylic acids is 1. The van der Waals surface area contributed by atoms with E-state index in [1.807, 2.05) is 0 Å². The molecule has 1 saturated heterocycles. The fourth-order valence-electron chi connectivity index (χ4n) is 2.87. The number of aliphatic carboxylic acids is 1. The third-order valence-electron chi connectivity index (χ3n) is 4.21. The summed E-state index contributed by atoms with van der Waals surface area (Å²) in [6.45, 7) is 0.561. The topological polar surface area (TPSA) is 83.6 Å². The van der Waals surface area contributed by atoms with Crippen molar-refractivity contribution in [3.05, 3.63) is 0 Å². The van der Waals surface area contributed by atoms with Crippen LogP contribution in [0, 0.1) is 0 Å². The van der Waals surface area contributed by atoms with E-state index in [-0.39, 0.29) is 11.4 Å². The van der Waals surface area contributed by atoms with Crippen molar-refractivity contribution in [2.75, 3.05) is 6.54 Å². The highest BCUT2D eigenvalue weighted by atomic mass is 16.4. The summed E-state index contributed by atoms with van der Waals surface area (Å²) in [5, 5.41) is 9.23. The third-order valence-corrected chi connectivity index (χ3v) is 4.21.